The molecule has 4 rings (SSSR count). The second kappa shape index (κ2) is 8.24. The van der Waals surface area contributed by atoms with Gasteiger partial charge in [-0.1, -0.05) is 18.2 Å². The summed E-state index contributed by atoms with van der Waals surface area (Å²) in [4.78, 5) is 42.7. The number of barbiturate groups is 1. The number of para-hydroxylation sites is 2. The highest BCUT2D eigenvalue weighted by Gasteiger charge is 2.41. The number of aliphatic imine (C=N–C) groups is 1. The molecule has 154 valence electrons. The van der Waals surface area contributed by atoms with Crippen molar-refractivity contribution in [1.82, 2.24) is 5.32 Å². The van der Waals surface area contributed by atoms with Crippen molar-refractivity contribution in [2.24, 2.45) is 10.9 Å². The topological polar surface area (TPSA) is 107 Å². The van der Waals surface area contributed by atoms with E-state index in [-0.39, 0.29) is 19.0 Å². The first-order valence-corrected chi connectivity index (χ1v) is 9.37. The Morgan fingerprint density at radius 2 is 1.97 bits per heavy atom. The SMILES string of the molecule is CCOc1ccccc1N1C(=O)NC(=O)[C@@H](C=NCc2ccc3c(c2)OCO3)C1=O. The van der Waals surface area contributed by atoms with E-state index in [9.17, 15) is 14.4 Å². The Bertz CT molecular complexity index is 1040. The molecule has 0 spiro atoms. The molecule has 1 atom stereocenters. The third-order valence-electron chi connectivity index (χ3n) is 4.57. The van der Waals surface area contributed by atoms with Crippen molar-refractivity contribution in [2.45, 2.75) is 13.5 Å². The van der Waals surface area contributed by atoms with Gasteiger partial charge < -0.3 is 14.2 Å². The zero-order valence-electron chi connectivity index (χ0n) is 16.2. The van der Waals surface area contributed by atoms with E-state index in [1.165, 1.54) is 6.21 Å². The Kier molecular flexibility index (Phi) is 5.34. The zero-order valence-corrected chi connectivity index (χ0v) is 16.2. The van der Waals surface area contributed by atoms with E-state index >= 15 is 0 Å². The minimum Gasteiger partial charge on any atom is -0.492 e. The van der Waals surface area contributed by atoms with E-state index in [2.05, 4.69) is 10.3 Å². The Balaban J connectivity index is 1.53. The monoisotopic (exact) mass is 409 g/mol. The number of hydrogen-bond donors (Lipinski definition) is 1. The van der Waals surface area contributed by atoms with Crippen LogP contribution in [0.1, 0.15) is 12.5 Å². The van der Waals surface area contributed by atoms with Gasteiger partial charge >= 0.3 is 6.03 Å². The van der Waals surface area contributed by atoms with Gasteiger partial charge in [-0.2, -0.15) is 0 Å². The number of nitrogens with zero attached hydrogens (tertiary/aromatic N) is 2. The highest BCUT2D eigenvalue weighted by Crippen LogP contribution is 2.33. The minimum absolute atomic E-state index is 0.173. The van der Waals surface area contributed by atoms with Crippen LogP contribution in [0.3, 0.4) is 0 Å². The third-order valence-corrected chi connectivity index (χ3v) is 4.57. The zero-order chi connectivity index (χ0) is 21.1. The average molecular weight is 409 g/mol. The van der Waals surface area contributed by atoms with Crippen molar-refractivity contribution in [2.75, 3.05) is 18.3 Å². The number of hydrogen-bond acceptors (Lipinski definition) is 7. The van der Waals surface area contributed by atoms with Crippen molar-refractivity contribution in [3.05, 3.63) is 48.0 Å². The highest BCUT2D eigenvalue weighted by atomic mass is 16.7. The first-order valence-electron chi connectivity index (χ1n) is 9.37. The predicted molar refractivity (Wildman–Crippen MR) is 107 cm³/mol. The second-order valence-electron chi connectivity index (χ2n) is 6.52. The average Bonchev–Trinajstić information content (AvgIpc) is 3.19. The molecule has 0 radical (unpaired) electrons. The summed E-state index contributed by atoms with van der Waals surface area (Å²) in [5.74, 6) is -0.986. The molecule has 30 heavy (non-hydrogen) atoms. The third kappa shape index (κ3) is 3.69. The Hall–Kier alpha value is -3.88. The lowest BCUT2D eigenvalue weighted by atomic mass is 10.1. The Labute approximate surface area is 172 Å². The summed E-state index contributed by atoms with van der Waals surface area (Å²) in [6, 6.07) is 11.2. The van der Waals surface area contributed by atoms with Crippen LogP contribution in [-0.4, -0.2) is 37.5 Å². The van der Waals surface area contributed by atoms with Gasteiger partial charge in [-0.05, 0) is 36.8 Å². The minimum atomic E-state index is -1.23. The molecule has 2 heterocycles. The normalized spacial score (nSPS) is 18.1. The fourth-order valence-electron chi connectivity index (χ4n) is 3.17. The molecular formula is C21H19N3O6. The van der Waals surface area contributed by atoms with Crippen LogP contribution in [0.25, 0.3) is 0 Å². The molecule has 1 N–H and O–H groups in total. The van der Waals surface area contributed by atoms with Gasteiger partial charge in [-0.3, -0.25) is 19.9 Å². The molecule has 9 nitrogen and oxygen atoms in total. The van der Waals surface area contributed by atoms with Crippen molar-refractivity contribution in [1.29, 1.82) is 0 Å². The van der Waals surface area contributed by atoms with Gasteiger partial charge in [-0.25, -0.2) is 9.69 Å². The molecule has 1 saturated heterocycles. The van der Waals surface area contributed by atoms with Crippen LogP contribution >= 0.6 is 0 Å². The van der Waals surface area contributed by atoms with Gasteiger partial charge in [0, 0.05) is 6.21 Å². The first kappa shape index (κ1) is 19.4. The summed E-state index contributed by atoms with van der Waals surface area (Å²) in [5, 5.41) is 2.20. The largest absolute Gasteiger partial charge is 0.492 e. The van der Waals surface area contributed by atoms with Crippen LogP contribution in [0.15, 0.2) is 47.5 Å². The number of urea groups is 1. The van der Waals surface area contributed by atoms with Crippen molar-refractivity contribution in [3.8, 4) is 17.2 Å². The van der Waals surface area contributed by atoms with Gasteiger partial charge in [-0.15, -0.1) is 0 Å². The van der Waals surface area contributed by atoms with Gasteiger partial charge in [0.05, 0.1) is 18.8 Å². The number of benzene rings is 2. The van der Waals surface area contributed by atoms with Crippen LogP contribution in [0.2, 0.25) is 0 Å². The second-order valence-corrected chi connectivity index (χ2v) is 6.52. The van der Waals surface area contributed by atoms with Gasteiger partial charge in [0.25, 0.3) is 5.91 Å². The maximum Gasteiger partial charge on any atom is 0.335 e. The van der Waals surface area contributed by atoms with Gasteiger partial charge in [0.2, 0.25) is 12.7 Å². The molecule has 2 aliphatic rings. The lowest BCUT2D eigenvalue weighted by Crippen LogP contribution is -2.58. The van der Waals surface area contributed by atoms with Crippen LogP contribution in [0.4, 0.5) is 10.5 Å². The molecule has 0 bridgehead atoms. The molecule has 4 amide bonds. The predicted octanol–water partition coefficient (Wildman–Crippen LogP) is 2.28. The fraction of sp³-hybridized carbons (Fsp3) is 0.238. The number of carbonyl (C=O) groups is 3. The number of fused-ring (bicyclic) bond motifs is 1. The number of rotatable bonds is 6. The first-order chi connectivity index (χ1) is 14.6. The fourth-order valence-corrected chi connectivity index (χ4v) is 3.17. The quantitative estimate of drug-likeness (QED) is 0.580. The molecule has 0 aliphatic carbocycles. The summed E-state index contributed by atoms with van der Waals surface area (Å²) < 4.78 is 16.1. The molecule has 0 saturated carbocycles. The van der Waals surface area contributed by atoms with Crippen molar-refractivity contribution >= 4 is 29.7 Å². The number of carbonyl (C=O) groups excluding carboxylic acids is 3. The number of ether oxygens (including phenoxy) is 3. The molecule has 2 aromatic carbocycles. The molecule has 2 aromatic rings. The number of nitrogens with one attached hydrogen (secondary N) is 1. The lowest BCUT2D eigenvalue weighted by molar-refractivity contribution is -0.131. The van der Waals surface area contributed by atoms with E-state index in [0.717, 1.165) is 10.5 Å². The summed E-state index contributed by atoms with van der Waals surface area (Å²) in [6.45, 7) is 2.56. The van der Waals surface area contributed by atoms with Gasteiger partial charge in [0.15, 0.2) is 17.4 Å². The molecule has 2 aliphatic heterocycles. The van der Waals surface area contributed by atoms with E-state index < -0.39 is 23.8 Å². The lowest BCUT2D eigenvalue weighted by Gasteiger charge is -2.29. The molecule has 0 aromatic heterocycles. The van der Waals surface area contributed by atoms with E-state index in [4.69, 9.17) is 14.2 Å². The summed E-state index contributed by atoms with van der Waals surface area (Å²) in [6.07, 6.45) is 1.25. The molecule has 1 fully saturated rings. The van der Waals surface area contributed by atoms with Gasteiger partial charge in [0.1, 0.15) is 5.75 Å². The Morgan fingerprint density at radius 1 is 1.17 bits per heavy atom. The highest BCUT2D eigenvalue weighted by molar-refractivity contribution is 6.32. The number of imide groups is 2. The smallest absolute Gasteiger partial charge is 0.335 e. The van der Waals surface area contributed by atoms with E-state index in [1.54, 1.807) is 43.3 Å². The van der Waals surface area contributed by atoms with Crippen LogP contribution in [0, 0.1) is 5.92 Å². The van der Waals surface area contributed by atoms with Crippen LogP contribution in [0.5, 0.6) is 17.2 Å². The number of amides is 4. The van der Waals surface area contributed by atoms with E-state index in [0.29, 0.717) is 23.9 Å². The summed E-state index contributed by atoms with van der Waals surface area (Å²) in [5.41, 5.74) is 1.09. The standard InChI is InChI=1S/C21H19N3O6/c1-2-28-16-6-4-3-5-15(16)24-20(26)14(19(25)23-21(24)27)11-22-10-13-7-8-17-18(9-13)30-12-29-17/h3-9,11,14H,2,10,12H2,1H3,(H,23,25,27)/t14-/m1/s1. The van der Waals surface area contributed by atoms with Crippen LogP contribution in [-0.2, 0) is 16.1 Å². The van der Waals surface area contributed by atoms with Crippen LogP contribution < -0.4 is 24.4 Å². The van der Waals surface area contributed by atoms with Crippen molar-refractivity contribution in [3.63, 3.8) is 0 Å². The van der Waals surface area contributed by atoms with E-state index in [1.807, 2.05) is 6.07 Å². The number of anilines is 1. The molecular weight excluding hydrogens is 390 g/mol. The Morgan fingerprint density at radius 3 is 2.80 bits per heavy atom. The van der Waals surface area contributed by atoms with Crippen molar-refractivity contribution < 1.29 is 28.6 Å². The summed E-state index contributed by atoms with van der Waals surface area (Å²) >= 11 is 0. The maximum atomic E-state index is 13.0. The maximum absolute atomic E-state index is 13.0. The summed E-state index contributed by atoms with van der Waals surface area (Å²) in [7, 11) is 0. The molecule has 9 heteroatoms. The molecule has 0 unspecified atom stereocenters.